The Kier molecular flexibility index (Phi) is 3.27. The van der Waals surface area contributed by atoms with Gasteiger partial charge in [0.2, 0.25) is 5.79 Å². The van der Waals surface area contributed by atoms with Crippen molar-refractivity contribution in [3.63, 3.8) is 0 Å². The van der Waals surface area contributed by atoms with Crippen molar-refractivity contribution >= 4 is 17.2 Å². The molecule has 9 heteroatoms. The number of aliphatic hydroxyl groups is 2. The molecule has 0 unspecified atom stereocenters. The van der Waals surface area contributed by atoms with Gasteiger partial charge >= 0.3 is 0 Å². The Morgan fingerprint density at radius 3 is 2.90 bits per heavy atom. The molecule has 8 nitrogen and oxygen atoms in total. The van der Waals surface area contributed by atoms with Crippen LogP contribution in [0.4, 0.5) is 0 Å². The largest absolute Gasteiger partial charge is 0.394 e. The summed E-state index contributed by atoms with van der Waals surface area (Å²) in [4.78, 5) is 15.1. The Labute approximate surface area is 118 Å². The molecule has 0 spiro atoms. The van der Waals surface area contributed by atoms with E-state index < -0.39 is 36.3 Å². The molecule has 0 radical (unpaired) electrons. The van der Waals surface area contributed by atoms with Gasteiger partial charge in [0.15, 0.2) is 11.3 Å². The summed E-state index contributed by atoms with van der Waals surface area (Å²) in [5.41, 5.74) is 5.28. The Balaban J connectivity index is 1.81. The first kappa shape index (κ1) is 13.9. The van der Waals surface area contributed by atoms with Crippen LogP contribution >= 0.6 is 11.3 Å². The zero-order valence-corrected chi connectivity index (χ0v) is 11.4. The Bertz CT molecular complexity index is 537. The zero-order valence-electron chi connectivity index (χ0n) is 10.6. The highest BCUT2D eigenvalue weighted by Crippen LogP contribution is 2.43. The van der Waals surface area contributed by atoms with Crippen molar-refractivity contribution in [3.8, 4) is 0 Å². The summed E-state index contributed by atoms with van der Waals surface area (Å²) in [6, 6.07) is 0. The third-order valence-electron chi connectivity index (χ3n) is 3.32. The molecular weight excluding hydrogens is 288 g/mol. The summed E-state index contributed by atoms with van der Waals surface area (Å²) >= 11 is 1.17. The van der Waals surface area contributed by atoms with E-state index in [0.29, 0.717) is 5.01 Å². The SMILES string of the molecule is C[C@@]1(c2nc(C(N)=O)cs2)O[C@H]2O[C@H](CO)[C@H](O)[C@H]2O1. The number of fused-ring (bicyclic) bond motifs is 1. The lowest BCUT2D eigenvalue weighted by molar-refractivity contribution is -0.234. The van der Waals surface area contributed by atoms with Gasteiger partial charge in [-0.1, -0.05) is 0 Å². The molecule has 2 aliphatic heterocycles. The van der Waals surface area contributed by atoms with Gasteiger partial charge in [-0.05, 0) is 6.92 Å². The first-order valence-electron chi connectivity index (χ1n) is 6.00. The van der Waals surface area contributed by atoms with Crippen molar-refractivity contribution in [1.82, 2.24) is 4.98 Å². The number of aromatic nitrogens is 1. The van der Waals surface area contributed by atoms with Gasteiger partial charge in [0, 0.05) is 5.38 Å². The predicted molar refractivity (Wildman–Crippen MR) is 65.7 cm³/mol. The average Bonchev–Trinajstić information content (AvgIpc) is 3.05. The topological polar surface area (TPSA) is 124 Å². The maximum Gasteiger partial charge on any atom is 0.268 e. The number of hydrogen-bond acceptors (Lipinski definition) is 8. The minimum Gasteiger partial charge on any atom is -0.394 e. The molecule has 2 aliphatic rings. The van der Waals surface area contributed by atoms with Crippen LogP contribution in [0.3, 0.4) is 0 Å². The molecule has 0 saturated carbocycles. The highest BCUT2D eigenvalue weighted by Gasteiger charge is 2.57. The van der Waals surface area contributed by atoms with E-state index in [2.05, 4.69) is 4.98 Å². The van der Waals surface area contributed by atoms with Crippen LogP contribution in [-0.4, -0.2) is 52.3 Å². The monoisotopic (exact) mass is 302 g/mol. The Morgan fingerprint density at radius 1 is 1.60 bits per heavy atom. The number of hydrogen-bond donors (Lipinski definition) is 3. The molecule has 0 aliphatic carbocycles. The number of thiazole rings is 1. The van der Waals surface area contributed by atoms with Crippen molar-refractivity contribution in [2.45, 2.75) is 37.3 Å². The number of primary amides is 1. The fourth-order valence-corrected chi connectivity index (χ4v) is 3.13. The quantitative estimate of drug-likeness (QED) is 0.648. The molecule has 0 aromatic carbocycles. The summed E-state index contributed by atoms with van der Waals surface area (Å²) < 4.78 is 16.7. The van der Waals surface area contributed by atoms with Crippen LogP contribution in [0.5, 0.6) is 0 Å². The lowest BCUT2D eigenvalue weighted by Crippen LogP contribution is -2.36. The van der Waals surface area contributed by atoms with Crippen LogP contribution in [0, 0.1) is 0 Å². The lowest BCUT2D eigenvalue weighted by atomic mass is 10.1. The first-order chi connectivity index (χ1) is 9.44. The molecule has 20 heavy (non-hydrogen) atoms. The molecular formula is C11H14N2O6S. The number of amides is 1. The number of ether oxygens (including phenoxy) is 3. The van der Waals surface area contributed by atoms with E-state index in [1.165, 1.54) is 16.7 Å². The molecule has 1 aromatic rings. The number of aliphatic hydroxyl groups excluding tert-OH is 2. The van der Waals surface area contributed by atoms with E-state index in [9.17, 15) is 9.90 Å². The highest BCUT2D eigenvalue weighted by molar-refractivity contribution is 7.10. The molecule has 3 heterocycles. The summed E-state index contributed by atoms with van der Waals surface area (Å²) in [6.45, 7) is 1.31. The number of carbonyl (C=O) groups is 1. The maximum atomic E-state index is 11.1. The van der Waals surface area contributed by atoms with Gasteiger partial charge in [-0.3, -0.25) is 4.79 Å². The second-order valence-corrected chi connectivity index (χ2v) is 5.62. The number of rotatable bonds is 3. The molecule has 5 atom stereocenters. The Morgan fingerprint density at radius 2 is 2.35 bits per heavy atom. The molecule has 3 rings (SSSR count). The van der Waals surface area contributed by atoms with E-state index in [-0.39, 0.29) is 12.3 Å². The number of nitrogens with zero attached hydrogens (tertiary/aromatic N) is 1. The van der Waals surface area contributed by atoms with Crippen molar-refractivity contribution < 1.29 is 29.2 Å². The molecule has 1 amide bonds. The van der Waals surface area contributed by atoms with Gasteiger partial charge < -0.3 is 30.2 Å². The standard InChI is InChI=1S/C11H14N2O6S/c1-11(10-13-4(3-20-10)8(12)16)18-7-6(15)5(2-14)17-9(7)19-11/h3,5-7,9,14-15H,2H2,1H3,(H2,12,16)/t5-,6+,7-,9-,11+/m1/s1. The van der Waals surface area contributed by atoms with Crippen molar-refractivity contribution in [2.24, 2.45) is 5.73 Å². The van der Waals surface area contributed by atoms with Crippen LogP contribution in [-0.2, 0) is 20.0 Å². The molecule has 2 fully saturated rings. The third kappa shape index (κ3) is 2.03. The van der Waals surface area contributed by atoms with E-state index >= 15 is 0 Å². The minimum absolute atomic E-state index is 0.130. The summed E-state index contributed by atoms with van der Waals surface area (Å²) in [5, 5.41) is 20.9. The van der Waals surface area contributed by atoms with Crippen molar-refractivity contribution in [2.75, 3.05) is 6.61 Å². The van der Waals surface area contributed by atoms with Crippen molar-refractivity contribution in [3.05, 3.63) is 16.1 Å². The van der Waals surface area contributed by atoms with Gasteiger partial charge in [-0.2, -0.15) is 0 Å². The normalized spacial score (nSPS) is 40.0. The average molecular weight is 302 g/mol. The van der Waals surface area contributed by atoms with E-state index in [4.69, 9.17) is 25.1 Å². The lowest BCUT2D eigenvalue weighted by Gasteiger charge is -2.24. The fourth-order valence-electron chi connectivity index (χ4n) is 2.28. The van der Waals surface area contributed by atoms with Crippen molar-refractivity contribution in [1.29, 1.82) is 0 Å². The van der Waals surface area contributed by atoms with Crippen LogP contribution in [0.15, 0.2) is 5.38 Å². The fraction of sp³-hybridized carbons (Fsp3) is 0.636. The zero-order chi connectivity index (χ0) is 14.5. The Hall–Kier alpha value is -1.10. The smallest absolute Gasteiger partial charge is 0.268 e. The van der Waals surface area contributed by atoms with E-state index in [1.807, 2.05) is 0 Å². The van der Waals surface area contributed by atoms with E-state index in [1.54, 1.807) is 6.92 Å². The molecule has 110 valence electrons. The number of nitrogens with two attached hydrogens (primary N) is 1. The first-order valence-corrected chi connectivity index (χ1v) is 6.88. The predicted octanol–water partition coefficient (Wildman–Crippen LogP) is -1.09. The molecule has 0 bridgehead atoms. The summed E-state index contributed by atoms with van der Waals surface area (Å²) in [6.07, 6.45) is -3.21. The van der Waals surface area contributed by atoms with Crippen LogP contribution in [0.1, 0.15) is 22.4 Å². The molecule has 2 saturated heterocycles. The molecule has 1 aromatic heterocycles. The molecule has 4 N–H and O–H groups in total. The maximum absolute atomic E-state index is 11.1. The minimum atomic E-state index is -1.21. The summed E-state index contributed by atoms with van der Waals surface area (Å²) in [7, 11) is 0. The number of carbonyl (C=O) groups excluding carboxylic acids is 1. The van der Waals surface area contributed by atoms with Crippen LogP contribution in [0.2, 0.25) is 0 Å². The van der Waals surface area contributed by atoms with Crippen LogP contribution in [0.25, 0.3) is 0 Å². The second-order valence-electron chi connectivity index (χ2n) is 4.76. The van der Waals surface area contributed by atoms with E-state index in [0.717, 1.165) is 0 Å². The van der Waals surface area contributed by atoms with Gasteiger partial charge in [-0.15, -0.1) is 11.3 Å². The van der Waals surface area contributed by atoms with Gasteiger partial charge in [-0.25, -0.2) is 4.98 Å². The third-order valence-corrected chi connectivity index (χ3v) is 4.35. The highest BCUT2D eigenvalue weighted by atomic mass is 32.1. The van der Waals surface area contributed by atoms with Gasteiger partial charge in [0.25, 0.3) is 5.91 Å². The second kappa shape index (κ2) is 4.72. The van der Waals surface area contributed by atoms with Crippen LogP contribution < -0.4 is 5.73 Å². The van der Waals surface area contributed by atoms with Gasteiger partial charge in [0.05, 0.1) is 6.61 Å². The van der Waals surface area contributed by atoms with Gasteiger partial charge in [0.1, 0.15) is 24.0 Å². The summed E-state index contributed by atoms with van der Waals surface area (Å²) in [5.74, 6) is -1.85.